The van der Waals surface area contributed by atoms with Crippen molar-refractivity contribution in [2.75, 3.05) is 35.7 Å². The van der Waals surface area contributed by atoms with Crippen molar-refractivity contribution in [3.05, 3.63) is 23.8 Å². The van der Waals surface area contributed by atoms with Gasteiger partial charge in [-0.05, 0) is 18.2 Å². The van der Waals surface area contributed by atoms with Crippen LogP contribution >= 0.6 is 12.6 Å². The zero-order valence-corrected chi connectivity index (χ0v) is 10.4. The van der Waals surface area contributed by atoms with Gasteiger partial charge in [0.25, 0.3) is 0 Å². The Morgan fingerprint density at radius 3 is 2.88 bits per heavy atom. The SMILES string of the molecule is CN1C(=O)CN(CCS)c2ccc(C#N)cc21. The maximum atomic E-state index is 11.8. The van der Waals surface area contributed by atoms with Gasteiger partial charge in [-0.3, -0.25) is 4.79 Å². The van der Waals surface area contributed by atoms with Crippen LogP contribution in [0.1, 0.15) is 5.56 Å². The molecule has 0 fully saturated rings. The molecule has 17 heavy (non-hydrogen) atoms. The van der Waals surface area contributed by atoms with E-state index < -0.39 is 0 Å². The summed E-state index contributed by atoms with van der Waals surface area (Å²) in [6, 6.07) is 7.50. The minimum atomic E-state index is 0.0365. The molecule has 0 unspecified atom stereocenters. The Labute approximate surface area is 106 Å². The maximum absolute atomic E-state index is 11.8. The fourth-order valence-electron chi connectivity index (χ4n) is 1.94. The number of amides is 1. The van der Waals surface area contributed by atoms with Crippen molar-refractivity contribution >= 4 is 29.9 Å². The molecule has 1 amide bonds. The number of nitrogens with zero attached hydrogens (tertiary/aromatic N) is 3. The Morgan fingerprint density at radius 1 is 1.47 bits per heavy atom. The number of fused-ring (bicyclic) bond motifs is 1. The average molecular weight is 247 g/mol. The smallest absolute Gasteiger partial charge is 0.246 e. The Kier molecular flexibility index (Phi) is 3.25. The van der Waals surface area contributed by atoms with Gasteiger partial charge in [0.05, 0.1) is 29.6 Å². The van der Waals surface area contributed by atoms with E-state index in [1.54, 1.807) is 24.1 Å². The van der Waals surface area contributed by atoms with E-state index in [-0.39, 0.29) is 5.91 Å². The van der Waals surface area contributed by atoms with Crippen molar-refractivity contribution in [1.82, 2.24) is 0 Å². The second kappa shape index (κ2) is 4.68. The first-order chi connectivity index (χ1) is 8.17. The molecule has 0 aliphatic carbocycles. The molecule has 1 aliphatic heterocycles. The zero-order valence-electron chi connectivity index (χ0n) is 9.55. The van der Waals surface area contributed by atoms with Gasteiger partial charge in [-0.2, -0.15) is 17.9 Å². The van der Waals surface area contributed by atoms with Gasteiger partial charge in [0.15, 0.2) is 0 Å². The number of anilines is 2. The van der Waals surface area contributed by atoms with Gasteiger partial charge in [-0.1, -0.05) is 0 Å². The Balaban J connectivity index is 2.48. The molecular weight excluding hydrogens is 234 g/mol. The zero-order chi connectivity index (χ0) is 12.4. The predicted octanol–water partition coefficient (Wildman–Crippen LogP) is 1.27. The molecule has 0 saturated carbocycles. The molecule has 0 spiro atoms. The summed E-state index contributed by atoms with van der Waals surface area (Å²) in [7, 11) is 1.74. The quantitative estimate of drug-likeness (QED) is 0.801. The van der Waals surface area contributed by atoms with Crippen LogP contribution in [-0.2, 0) is 4.79 Å². The lowest BCUT2D eigenvalue weighted by Gasteiger charge is -2.35. The van der Waals surface area contributed by atoms with Crippen molar-refractivity contribution in [3.63, 3.8) is 0 Å². The summed E-state index contributed by atoms with van der Waals surface area (Å²) in [5.41, 5.74) is 2.35. The molecule has 1 heterocycles. The van der Waals surface area contributed by atoms with Crippen molar-refractivity contribution in [2.24, 2.45) is 0 Å². The van der Waals surface area contributed by atoms with E-state index >= 15 is 0 Å². The van der Waals surface area contributed by atoms with Crippen LogP contribution < -0.4 is 9.80 Å². The van der Waals surface area contributed by atoms with Gasteiger partial charge in [0, 0.05) is 19.3 Å². The van der Waals surface area contributed by atoms with Gasteiger partial charge < -0.3 is 9.80 Å². The van der Waals surface area contributed by atoms with Crippen LogP contribution in [0, 0.1) is 11.3 Å². The summed E-state index contributed by atoms with van der Waals surface area (Å²) in [4.78, 5) is 15.4. The molecular formula is C12H13N3OS. The van der Waals surface area contributed by atoms with Crippen LogP contribution in [0.25, 0.3) is 0 Å². The van der Waals surface area contributed by atoms with E-state index in [1.807, 2.05) is 11.0 Å². The molecule has 0 atom stereocenters. The van der Waals surface area contributed by atoms with Crippen LogP contribution in [0.3, 0.4) is 0 Å². The van der Waals surface area contributed by atoms with E-state index in [2.05, 4.69) is 18.7 Å². The first-order valence-electron chi connectivity index (χ1n) is 5.34. The van der Waals surface area contributed by atoms with Crippen molar-refractivity contribution in [2.45, 2.75) is 0 Å². The lowest BCUT2D eigenvalue weighted by molar-refractivity contribution is -0.117. The van der Waals surface area contributed by atoms with Crippen LogP contribution in [0.5, 0.6) is 0 Å². The van der Waals surface area contributed by atoms with Crippen molar-refractivity contribution in [1.29, 1.82) is 5.26 Å². The minimum absolute atomic E-state index is 0.0365. The summed E-state index contributed by atoms with van der Waals surface area (Å²) in [6.07, 6.45) is 0. The second-order valence-electron chi connectivity index (χ2n) is 3.91. The molecule has 0 aromatic heterocycles. The predicted molar refractivity (Wildman–Crippen MR) is 70.6 cm³/mol. The summed E-state index contributed by atoms with van der Waals surface area (Å²) in [5.74, 6) is 0.727. The Bertz CT molecular complexity index is 495. The lowest BCUT2D eigenvalue weighted by Crippen LogP contribution is -2.44. The number of carbonyl (C=O) groups is 1. The molecule has 88 valence electrons. The van der Waals surface area contributed by atoms with Crippen molar-refractivity contribution in [3.8, 4) is 6.07 Å². The maximum Gasteiger partial charge on any atom is 0.246 e. The fourth-order valence-corrected chi connectivity index (χ4v) is 2.18. The highest BCUT2D eigenvalue weighted by molar-refractivity contribution is 7.80. The van der Waals surface area contributed by atoms with E-state index in [0.29, 0.717) is 17.9 Å². The highest BCUT2D eigenvalue weighted by atomic mass is 32.1. The normalized spacial score (nSPS) is 14.5. The van der Waals surface area contributed by atoms with E-state index in [0.717, 1.165) is 17.9 Å². The van der Waals surface area contributed by atoms with Crippen molar-refractivity contribution < 1.29 is 4.79 Å². The third-order valence-corrected chi connectivity index (χ3v) is 3.08. The average Bonchev–Trinajstić information content (AvgIpc) is 2.35. The molecule has 0 bridgehead atoms. The molecule has 4 nitrogen and oxygen atoms in total. The number of hydrogen-bond acceptors (Lipinski definition) is 4. The number of likely N-dealkylation sites (N-methyl/N-ethyl adjacent to an activating group) is 1. The first kappa shape index (κ1) is 11.8. The van der Waals surface area contributed by atoms with Crippen LogP contribution in [0.2, 0.25) is 0 Å². The number of benzene rings is 1. The molecule has 5 heteroatoms. The van der Waals surface area contributed by atoms with Crippen LogP contribution in [0.4, 0.5) is 11.4 Å². The summed E-state index contributed by atoms with van der Waals surface area (Å²) >= 11 is 4.19. The van der Waals surface area contributed by atoms with Crippen LogP contribution in [-0.4, -0.2) is 31.8 Å². The summed E-state index contributed by atoms with van der Waals surface area (Å²) in [5, 5.41) is 8.88. The third kappa shape index (κ3) is 2.08. The molecule has 1 aromatic carbocycles. The molecule has 0 saturated heterocycles. The highest BCUT2D eigenvalue weighted by Gasteiger charge is 2.26. The third-order valence-electron chi connectivity index (χ3n) is 2.88. The van der Waals surface area contributed by atoms with Gasteiger partial charge >= 0.3 is 0 Å². The van der Waals surface area contributed by atoms with Gasteiger partial charge in [-0.25, -0.2) is 0 Å². The second-order valence-corrected chi connectivity index (χ2v) is 4.36. The van der Waals surface area contributed by atoms with E-state index in [4.69, 9.17) is 5.26 Å². The van der Waals surface area contributed by atoms with Gasteiger partial charge in [0.1, 0.15) is 0 Å². The number of carbonyl (C=O) groups excluding carboxylic acids is 1. The topological polar surface area (TPSA) is 47.3 Å². The number of thiol groups is 1. The van der Waals surface area contributed by atoms with Gasteiger partial charge in [0.2, 0.25) is 5.91 Å². The Hall–Kier alpha value is -1.67. The summed E-state index contributed by atoms with van der Waals surface area (Å²) in [6.45, 7) is 1.09. The molecule has 0 N–H and O–H groups in total. The van der Waals surface area contributed by atoms with E-state index in [9.17, 15) is 4.79 Å². The van der Waals surface area contributed by atoms with Gasteiger partial charge in [-0.15, -0.1) is 0 Å². The van der Waals surface area contributed by atoms with E-state index in [1.165, 1.54) is 0 Å². The number of hydrogen-bond donors (Lipinski definition) is 1. The summed E-state index contributed by atoms with van der Waals surface area (Å²) < 4.78 is 0. The molecule has 2 rings (SSSR count). The minimum Gasteiger partial charge on any atom is -0.360 e. The monoisotopic (exact) mass is 247 g/mol. The van der Waals surface area contributed by atoms with Crippen LogP contribution in [0.15, 0.2) is 18.2 Å². The molecule has 1 aromatic rings. The largest absolute Gasteiger partial charge is 0.360 e. The standard InChI is InChI=1S/C12H13N3OS/c1-14-11-6-9(7-13)2-3-10(11)15(4-5-17)8-12(14)16/h2-3,6,17H,4-5,8H2,1H3. The number of nitriles is 1. The lowest BCUT2D eigenvalue weighted by atomic mass is 10.1. The highest BCUT2D eigenvalue weighted by Crippen LogP contribution is 2.33. The molecule has 0 radical (unpaired) electrons. The molecule has 1 aliphatic rings. The number of rotatable bonds is 2. The fraction of sp³-hybridized carbons (Fsp3) is 0.333. The Morgan fingerprint density at radius 2 is 2.24 bits per heavy atom. The first-order valence-corrected chi connectivity index (χ1v) is 5.97.